The van der Waals surface area contributed by atoms with Crippen molar-refractivity contribution in [2.75, 3.05) is 6.54 Å². The monoisotopic (exact) mass is 336 g/mol. The predicted octanol–water partition coefficient (Wildman–Crippen LogP) is 4.43. The maximum atomic E-state index is 13.7. The third kappa shape index (κ3) is 2.40. The van der Waals surface area contributed by atoms with Crippen LogP contribution in [0.4, 0.5) is 13.2 Å². The second-order valence-electron chi connectivity index (χ2n) is 6.52. The Kier molecular flexibility index (Phi) is 3.60. The van der Waals surface area contributed by atoms with Gasteiger partial charge < -0.3 is 15.0 Å². The molecule has 0 saturated heterocycles. The summed E-state index contributed by atoms with van der Waals surface area (Å²) in [5.41, 5.74) is 1.61. The first-order valence-corrected chi connectivity index (χ1v) is 8.32. The lowest BCUT2D eigenvalue weighted by Crippen LogP contribution is -2.27. The molecule has 0 atom stereocenters. The number of nitrogens with one attached hydrogen (secondary N) is 1. The van der Waals surface area contributed by atoms with E-state index in [2.05, 4.69) is 5.32 Å². The third-order valence-electron chi connectivity index (χ3n) is 5.03. The summed E-state index contributed by atoms with van der Waals surface area (Å²) in [6.07, 6.45) is 1.37. The fraction of sp³-hybridized carbons (Fsp3) is 0.444. The van der Waals surface area contributed by atoms with Gasteiger partial charge in [-0.25, -0.2) is 0 Å². The molecule has 0 saturated carbocycles. The van der Waals surface area contributed by atoms with E-state index in [0.29, 0.717) is 30.6 Å². The summed E-state index contributed by atoms with van der Waals surface area (Å²) >= 11 is 0. The van der Waals surface area contributed by atoms with Gasteiger partial charge in [0, 0.05) is 30.7 Å². The van der Waals surface area contributed by atoms with Crippen LogP contribution >= 0.6 is 0 Å². The maximum absolute atomic E-state index is 13.7. The van der Waals surface area contributed by atoms with E-state index in [1.807, 2.05) is 12.1 Å². The molecular formula is C18H19F3N2O. The van der Waals surface area contributed by atoms with Crippen molar-refractivity contribution < 1.29 is 18.3 Å². The van der Waals surface area contributed by atoms with Crippen LogP contribution in [0.2, 0.25) is 0 Å². The largest absolute Gasteiger partial charge is 0.494 e. The van der Waals surface area contributed by atoms with Crippen LogP contribution in [0.15, 0.2) is 18.2 Å². The minimum Gasteiger partial charge on any atom is -0.494 e. The van der Waals surface area contributed by atoms with Crippen LogP contribution in [0.1, 0.15) is 42.5 Å². The number of halogens is 3. The highest BCUT2D eigenvalue weighted by molar-refractivity contribution is 5.96. The van der Waals surface area contributed by atoms with E-state index in [1.54, 1.807) is 4.57 Å². The number of benzene rings is 1. The van der Waals surface area contributed by atoms with Crippen LogP contribution in [0, 0.1) is 0 Å². The lowest BCUT2D eigenvalue weighted by molar-refractivity contribution is -0.136. The molecule has 0 spiro atoms. The van der Waals surface area contributed by atoms with Gasteiger partial charge in [0.1, 0.15) is 0 Å². The zero-order chi connectivity index (χ0) is 16.9. The molecule has 4 rings (SSSR count). The minimum absolute atomic E-state index is 0.0682. The van der Waals surface area contributed by atoms with Crippen LogP contribution < -0.4 is 5.32 Å². The molecule has 24 heavy (non-hydrogen) atoms. The van der Waals surface area contributed by atoms with Crippen LogP contribution in [-0.4, -0.2) is 16.2 Å². The molecule has 1 aromatic carbocycles. The smallest absolute Gasteiger partial charge is 0.417 e. The Morgan fingerprint density at radius 3 is 2.71 bits per heavy atom. The van der Waals surface area contributed by atoms with Gasteiger partial charge in [-0.15, -0.1) is 0 Å². The van der Waals surface area contributed by atoms with Gasteiger partial charge in [0.05, 0.1) is 10.9 Å². The second kappa shape index (κ2) is 5.55. The van der Waals surface area contributed by atoms with Crippen LogP contribution in [0.3, 0.4) is 0 Å². The first-order chi connectivity index (χ1) is 11.5. The molecule has 0 radical (unpaired) electrons. The quantitative estimate of drug-likeness (QED) is 0.808. The zero-order valence-electron chi connectivity index (χ0n) is 13.2. The number of fused-ring (bicyclic) bond motifs is 3. The number of aromatic nitrogens is 1. The fourth-order valence-electron chi connectivity index (χ4n) is 3.86. The molecule has 1 aromatic heterocycles. The van der Waals surface area contributed by atoms with Crippen molar-refractivity contribution in [3.05, 3.63) is 35.0 Å². The number of hydrogen-bond acceptors (Lipinski definition) is 2. The van der Waals surface area contributed by atoms with Gasteiger partial charge in [-0.2, -0.15) is 13.2 Å². The number of alkyl halides is 3. The summed E-state index contributed by atoms with van der Waals surface area (Å²) in [4.78, 5) is 0. The van der Waals surface area contributed by atoms with Crippen molar-refractivity contribution in [1.82, 2.24) is 9.88 Å². The maximum Gasteiger partial charge on any atom is 0.417 e. The van der Waals surface area contributed by atoms with E-state index >= 15 is 0 Å². The van der Waals surface area contributed by atoms with Crippen molar-refractivity contribution in [1.29, 1.82) is 0 Å². The van der Waals surface area contributed by atoms with Crippen molar-refractivity contribution >= 4 is 16.3 Å². The van der Waals surface area contributed by atoms with E-state index in [-0.39, 0.29) is 11.3 Å². The minimum atomic E-state index is -4.49. The molecule has 3 nitrogen and oxygen atoms in total. The number of aromatic hydroxyl groups is 1. The van der Waals surface area contributed by atoms with Gasteiger partial charge in [-0.3, -0.25) is 0 Å². The van der Waals surface area contributed by atoms with Gasteiger partial charge in [-0.05, 0) is 49.0 Å². The predicted molar refractivity (Wildman–Crippen MR) is 86.8 cm³/mol. The van der Waals surface area contributed by atoms with Crippen molar-refractivity contribution in [2.45, 2.75) is 44.9 Å². The molecule has 6 heteroatoms. The Hall–Kier alpha value is -1.95. The van der Waals surface area contributed by atoms with Gasteiger partial charge >= 0.3 is 6.18 Å². The molecule has 0 fully saturated rings. The van der Waals surface area contributed by atoms with Gasteiger partial charge in [0.2, 0.25) is 0 Å². The molecule has 0 bridgehead atoms. The zero-order valence-corrected chi connectivity index (χ0v) is 13.2. The Labute approximate surface area is 137 Å². The standard InChI is InChI=1S/C18H19F3N2O/c19-18(20,21)14-9-12(11-4-2-1-3-5-11)8-13-15-10-22-6-7-23(15)17(24)16(13)14/h4,8-9,22,24H,1-3,5-7,10H2. The van der Waals surface area contributed by atoms with Crippen LogP contribution in [0.5, 0.6) is 5.88 Å². The van der Waals surface area contributed by atoms with E-state index < -0.39 is 11.7 Å². The molecular weight excluding hydrogens is 317 g/mol. The molecule has 0 amide bonds. The normalized spacial score (nSPS) is 18.5. The number of hydrogen-bond donors (Lipinski definition) is 2. The highest BCUT2D eigenvalue weighted by Gasteiger charge is 2.36. The van der Waals surface area contributed by atoms with Gasteiger partial charge in [-0.1, -0.05) is 6.08 Å². The molecule has 2 N–H and O–H groups in total. The van der Waals surface area contributed by atoms with E-state index in [0.717, 1.165) is 37.0 Å². The lowest BCUT2D eigenvalue weighted by atomic mass is 9.91. The molecule has 1 aliphatic carbocycles. The third-order valence-corrected chi connectivity index (χ3v) is 5.03. The molecule has 0 unspecified atom stereocenters. The van der Waals surface area contributed by atoms with Crippen LogP contribution in [0.25, 0.3) is 16.3 Å². The number of rotatable bonds is 1. The van der Waals surface area contributed by atoms with Crippen LogP contribution in [-0.2, 0) is 19.3 Å². The van der Waals surface area contributed by atoms with Gasteiger partial charge in [0.25, 0.3) is 0 Å². The Bertz CT molecular complexity index is 833. The van der Waals surface area contributed by atoms with Crippen molar-refractivity contribution in [2.24, 2.45) is 0 Å². The average molecular weight is 336 g/mol. The average Bonchev–Trinajstić information content (AvgIpc) is 2.87. The number of allylic oxidation sites excluding steroid dienone is 2. The fourth-order valence-corrected chi connectivity index (χ4v) is 3.86. The van der Waals surface area contributed by atoms with Gasteiger partial charge in [0.15, 0.2) is 5.88 Å². The highest BCUT2D eigenvalue weighted by Crippen LogP contribution is 2.44. The van der Waals surface area contributed by atoms with E-state index in [9.17, 15) is 18.3 Å². The Morgan fingerprint density at radius 1 is 1.17 bits per heavy atom. The van der Waals surface area contributed by atoms with E-state index in [1.165, 1.54) is 6.07 Å². The molecule has 2 heterocycles. The van der Waals surface area contributed by atoms with E-state index in [4.69, 9.17) is 0 Å². The SMILES string of the molecule is Oc1c2c(C(F)(F)F)cc(C3=CCCCC3)cc2c2n1CCNC2. The first-order valence-electron chi connectivity index (χ1n) is 8.32. The summed E-state index contributed by atoms with van der Waals surface area (Å²) < 4.78 is 42.6. The highest BCUT2D eigenvalue weighted by atomic mass is 19.4. The van der Waals surface area contributed by atoms with Crippen molar-refractivity contribution in [3.63, 3.8) is 0 Å². The number of nitrogens with zero attached hydrogens (tertiary/aromatic N) is 1. The summed E-state index contributed by atoms with van der Waals surface area (Å²) in [7, 11) is 0. The molecule has 128 valence electrons. The molecule has 1 aliphatic heterocycles. The van der Waals surface area contributed by atoms with Crippen molar-refractivity contribution in [3.8, 4) is 5.88 Å². The summed E-state index contributed by atoms with van der Waals surface area (Å²) in [6.45, 7) is 1.59. The topological polar surface area (TPSA) is 37.2 Å². The molecule has 2 aromatic rings. The Morgan fingerprint density at radius 2 is 2.00 bits per heavy atom. The molecule has 2 aliphatic rings. The second-order valence-corrected chi connectivity index (χ2v) is 6.52. The lowest BCUT2D eigenvalue weighted by Gasteiger charge is -2.17. The summed E-state index contributed by atoms with van der Waals surface area (Å²) in [5, 5.41) is 14.0. The Balaban J connectivity index is 2.02. The first kappa shape index (κ1) is 15.6. The summed E-state index contributed by atoms with van der Waals surface area (Å²) in [6, 6.07) is 3.03. The summed E-state index contributed by atoms with van der Waals surface area (Å²) in [5.74, 6) is -0.266.